The van der Waals surface area contributed by atoms with Crippen LogP contribution in [0.15, 0.2) is 53.4 Å². The number of halogens is 1. The van der Waals surface area contributed by atoms with Crippen LogP contribution in [-0.2, 0) is 14.8 Å². The summed E-state index contributed by atoms with van der Waals surface area (Å²) in [7, 11) is -2.52. The van der Waals surface area contributed by atoms with Crippen LogP contribution in [0.2, 0.25) is 5.02 Å². The number of amides is 1. The number of ether oxygens (including phenoxy) is 1. The van der Waals surface area contributed by atoms with Crippen molar-refractivity contribution in [2.75, 3.05) is 11.4 Å². The zero-order valence-corrected chi connectivity index (χ0v) is 15.7. The van der Waals surface area contributed by atoms with Gasteiger partial charge in [0, 0.05) is 11.4 Å². The van der Waals surface area contributed by atoms with Crippen LogP contribution in [-0.4, -0.2) is 21.4 Å². The highest BCUT2D eigenvalue weighted by Gasteiger charge is 2.30. The molecular weight excluding hydrogens is 362 g/mol. The molecule has 0 atom stereocenters. The average molecular weight is 382 g/mol. The molecule has 0 unspecified atom stereocenters. The van der Waals surface area contributed by atoms with Crippen LogP contribution in [0.3, 0.4) is 0 Å². The Bertz CT molecular complexity index is 817. The predicted octanol–water partition coefficient (Wildman–Crippen LogP) is 4.26. The van der Waals surface area contributed by atoms with Crippen molar-refractivity contribution >= 4 is 33.2 Å². The first kappa shape index (κ1) is 19.3. The molecule has 2 rings (SSSR count). The smallest absolute Gasteiger partial charge is 0.270 e. The maximum atomic E-state index is 13.0. The molecule has 2 aromatic rings. The fraction of sp³-hybridized carbons (Fsp3) is 0.278. The molecule has 2 aromatic carbocycles. The van der Waals surface area contributed by atoms with Crippen LogP contribution in [0.1, 0.15) is 26.2 Å². The van der Waals surface area contributed by atoms with E-state index < -0.39 is 15.9 Å². The molecule has 0 spiro atoms. The van der Waals surface area contributed by atoms with Crippen molar-refractivity contribution in [3.63, 3.8) is 0 Å². The van der Waals surface area contributed by atoms with Crippen molar-refractivity contribution in [1.29, 1.82) is 0 Å². The van der Waals surface area contributed by atoms with Gasteiger partial charge >= 0.3 is 0 Å². The van der Waals surface area contributed by atoms with Crippen molar-refractivity contribution in [3.8, 4) is 5.75 Å². The second kappa shape index (κ2) is 8.36. The van der Waals surface area contributed by atoms with Gasteiger partial charge in [-0.2, -0.15) is 0 Å². The Balaban J connectivity index is 2.49. The lowest BCUT2D eigenvalue weighted by molar-refractivity contribution is -0.117. The summed E-state index contributed by atoms with van der Waals surface area (Å²) in [6.45, 7) is 1.94. The molecule has 0 fully saturated rings. The summed E-state index contributed by atoms with van der Waals surface area (Å²) in [6.07, 6.45) is 1.56. The molecule has 0 aliphatic carbocycles. The van der Waals surface area contributed by atoms with E-state index in [1.807, 2.05) is 6.92 Å². The van der Waals surface area contributed by atoms with Gasteiger partial charge in [-0.1, -0.05) is 24.9 Å². The summed E-state index contributed by atoms with van der Waals surface area (Å²) in [5.41, 5.74) is 0.275. The van der Waals surface area contributed by atoms with Crippen LogP contribution in [0.25, 0.3) is 0 Å². The number of anilines is 1. The summed E-state index contributed by atoms with van der Waals surface area (Å²) in [6, 6.07) is 12.1. The van der Waals surface area contributed by atoms with E-state index in [-0.39, 0.29) is 17.0 Å². The maximum Gasteiger partial charge on any atom is 0.270 e. The zero-order valence-electron chi connectivity index (χ0n) is 14.1. The van der Waals surface area contributed by atoms with Gasteiger partial charge in [-0.15, -0.1) is 0 Å². The molecule has 7 heteroatoms. The molecule has 0 radical (unpaired) electrons. The second-order valence-electron chi connectivity index (χ2n) is 5.42. The number of rotatable bonds is 7. The molecule has 0 aliphatic rings. The van der Waals surface area contributed by atoms with E-state index in [0.29, 0.717) is 17.2 Å². The average Bonchev–Trinajstić information content (AvgIpc) is 2.61. The van der Waals surface area contributed by atoms with Crippen LogP contribution >= 0.6 is 11.6 Å². The Hall–Kier alpha value is -2.05. The lowest BCUT2D eigenvalue weighted by Crippen LogP contribution is -2.36. The van der Waals surface area contributed by atoms with Gasteiger partial charge in [-0.25, -0.2) is 12.7 Å². The van der Waals surface area contributed by atoms with Gasteiger partial charge in [-0.3, -0.25) is 4.79 Å². The molecular formula is C18H20ClNO4S. The summed E-state index contributed by atoms with van der Waals surface area (Å²) in [5, 5.41) is 0.423. The topological polar surface area (TPSA) is 63.7 Å². The minimum Gasteiger partial charge on any atom is -0.497 e. The van der Waals surface area contributed by atoms with Crippen molar-refractivity contribution < 1.29 is 17.9 Å². The highest BCUT2D eigenvalue weighted by Crippen LogP contribution is 2.27. The summed E-state index contributed by atoms with van der Waals surface area (Å²) in [4.78, 5) is 12.6. The molecule has 0 aliphatic heterocycles. The molecule has 0 heterocycles. The van der Waals surface area contributed by atoms with Gasteiger partial charge in [0.25, 0.3) is 10.0 Å². The van der Waals surface area contributed by atoms with Gasteiger partial charge in [0.1, 0.15) is 5.75 Å². The number of carbonyl (C=O) groups excluding carboxylic acids is 1. The standard InChI is InChI=1S/C18H20ClNO4S/c1-3-4-5-18(21)20(15-8-10-16(24-2)11-9-15)25(22,23)17-12-6-14(19)7-13-17/h6-13H,3-5H2,1-2H3. The highest BCUT2D eigenvalue weighted by atomic mass is 35.5. The number of unbranched alkanes of at least 4 members (excludes halogenated alkanes) is 1. The molecule has 134 valence electrons. The van der Waals surface area contributed by atoms with Crippen molar-refractivity contribution in [2.45, 2.75) is 31.1 Å². The van der Waals surface area contributed by atoms with Crippen molar-refractivity contribution in [1.82, 2.24) is 0 Å². The number of methoxy groups -OCH3 is 1. The minimum atomic E-state index is -4.04. The Morgan fingerprint density at radius 1 is 1.08 bits per heavy atom. The first-order valence-corrected chi connectivity index (χ1v) is 9.69. The minimum absolute atomic E-state index is 0.0116. The maximum absolute atomic E-state index is 13.0. The third-order valence-electron chi connectivity index (χ3n) is 3.63. The predicted molar refractivity (Wildman–Crippen MR) is 98.6 cm³/mol. The Kier molecular flexibility index (Phi) is 6.45. The summed E-state index contributed by atoms with van der Waals surface area (Å²) in [5.74, 6) is 0.107. The van der Waals surface area contributed by atoms with E-state index in [2.05, 4.69) is 0 Å². The lowest BCUT2D eigenvalue weighted by Gasteiger charge is -2.23. The molecule has 25 heavy (non-hydrogen) atoms. The van der Waals surface area contributed by atoms with Gasteiger partial charge < -0.3 is 4.74 Å². The van der Waals surface area contributed by atoms with E-state index >= 15 is 0 Å². The number of benzene rings is 2. The van der Waals surface area contributed by atoms with E-state index in [0.717, 1.165) is 10.7 Å². The fourth-order valence-electron chi connectivity index (χ4n) is 2.28. The normalized spacial score (nSPS) is 11.2. The monoisotopic (exact) mass is 381 g/mol. The Labute approximate surface area is 153 Å². The van der Waals surface area contributed by atoms with E-state index in [9.17, 15) is 13.2 Å². The molecule has 0 aromatic heterocycles. The fourth-order valence-corrected chi connectivity index (χ4v) is 3.85. The van der Waals surface area contributed by atoms with Gasteiger partial charge in [0.05, 0.1) is 17.7 Å². The highest BCUT2D eigenvalue weighted by molar-refractivity contribution is 7.93. The SMILES string of the molecule is CCCCC(=O)N(c1ccc(OC)cc1)S(=O)(=O)c1ccc(Cl)cc1. The second-order valence-corrected chi connectivity index (χ2v) is 7.64. The Morgan fingerprint density at radius 3 is 2.20 bits per heavy atom. The number of hydrogen-bond donors (Lipinski definition) is 0. The van der Waals surface area contributed by atoms with Crippen LogP contribution in [0.5, 0.6) is 5.75 Å². The quantitative estimate of drug-likeness (QED) is 0.718. The number of hydrogen-bond acceptors (Lipinski definition) is 4. The van der Waals surface area contributed by atoms with Crippen LogP contribution in [0.4, 0.5) is 5.69 Å². The largest absolute Gasteiger partial charge is 0.497 e. The molecule has 0 N–H and O–H groups in total. The van der Waals surface area contributed by atoms with Crippen LogP contribution in [0, 0.1) is 0 Å². The number of sulfonamides is 1. The number of carbonyl (C=O) groups is 1. The summed E-state index contributed by atoms with van der Waals surface area (Å²) < 4.78 is 32.0. The van der Waals surface area contributed by atoms with E-state index in [4.69, 9.17) is 16.3 Å². The zero-order chi connectivity index (χ0) is 18.4. The number of nitrogens with zero attached hydrogens (tertiary/aromatic N) is 1. The lowest BCUT2D eigenvalue weighted by atomic mass is 10.2. The van der Waals surface area contributed by atoms with Crippen LogP contribution < -0.4 is 9.04 Å². The van der Waals surface area contributed by atoms with Crippen molar-refractivity contribution in [3.05, 3.63) is 53.6 Å². The first-order chi connectivity index (χ1) is 11.9. The Morgan fingerprint density at radius 2 is 1.68 bits per heavy atom. The van der Waals surface area contributed by atoms with Gasteiger partial charge in [0.2, 0.25) is 5.91 Å². The molecule has 0 saturated carbocycles. The van der Waals surface area contributed by atoms with E-state index in [1.54, 1.807) is 24.3 Å². The molecule has 5 nitrogen and oxygen atoms in total. The third-order valence-corrected chi connectivity index (χ3v) is 5.64. The molecule has 0 bridgehead atoms. The molecule has 1 amide bonds. The third kappa shape index (κ3) is 4.52. The summed E-state index contributed by atoms with van der Waals surface area (Å²) >= 11 is 5.83. The molecule has 0 saturated heterocycles. The van der Waals surface area contributed by atoms with Gasteiger partial charge in [-0.05, 0) is 55.0 Å². The van der Waals surface area contributed by atoms with Crippen molar-refractivity contribution in [2.24, 2.45) is 0 Å². The van der Waals surface area contributed by atoms with E-state index in [1.165, 1.54) is 31.4 Å². The van der Waals surface area contributed by atoms with Gasteiger partial charge in [0.15, 0.2) is 0 Å². The first-order valence-electron chi connectivity index (χ1n) is 7.88.